The molecule has 8 nitrogen and oxygen atoms in total. The Morgan fingerprint density at radius 1 is 1.12 bits per heavy atom. The average Bonchev–Trinajstić information content (AvgIpc) is 2.76. The maximum Gasteiger partial charge on any atom is 0.270 e. The highest BCUT2D eigenvalue weighted by atomic mass is 32.2. The highest BCUT2D eigenvalue weighted by Crippen LogP contribution is 2.34. The number of rotatable bonds is 5. The Hall–Kier alpha value is -2.92. The Kier molecular flexibility index (Phi) is 5.72. The van der Waals surface area contributed by atoms with Crippen LogP contribution in [-0.2, 0) is 10.0 Å². The molecule has 1 saturated heterocycles. The zero-order valence-electron chi connectivity index (χ0n) is 18.0. The van der Waals surface area contributed by atoms with E-state index >= 15 is 0 Å². The van der Waals surface area contributed by atoms with Gasteiger partial charge in [0.25, 0.3) is 5.92 Å². The van der Waals surface area contributed by atoms with Gasteiger partial charge in [0, 0.05) is 51.6 Å². The summed E-state index contributed by atoms with van der Waals surface area (Å²) < 4.78 is 54.0. The summed E-state index contributed by atoms with van der Waals surface area (Å²) in [5, 5.41) is 3.03. The van der Waals surface area contributed by atoms with Gasteiger partial charge < -0.3 is 10.2 Å². The number of fused-ring (bicyclic) bond motifs is 1. The van der Waals surface area contributed by atoms with Gasteiger partial charge in [-0.05, 0) is 18.2 Å². The van der Waals surface area contributed by atoms with Crippen molar-refractivity contribution in [2.45, 2.75) is 18.4 Å². The topological polar surface area (TPSA) is 91.3 Å². The van der Waals surface area contributed by atoms with E-state index in [1.54, 1.807) is 37.4 Å². The normalized spacial score (nSPS) is 18.5. The predicted octanol–water partition coefficient (Wildman–Crippen LogP) is 2.52. The highest BCUT2D eigenvalue weighted by Gasteiger charge is 2.44. The second-order valence-electron chi connectivity index (χ2n) is 7.87. The molecular weight excluding hydrogens is 438 g/mol. The van der Waals surface area contributed by atoms with Crippen molar-refractivity contribution < 1.29 is 17.2 Å². The Balaban J connectivity index is 1.77. The monoisotopic (exact) mass is 462 g/mol. The average molecular weight is 463 g/mol. The number of piperidine rings is 1. The number of benzene rings is 1. The second kappa shape index (κ2) is 8.21. The lowest BCUT2D eigenvalue weighted by molar-refractivity contribution is -0.0460. The zero-order valence-corrected chi connectivity index (χ0v) is 18.8. The van der Waals surface area contributed by atoms with Crippen molar-refractivity contribution in [3.63, 3.8) is 0 Å². The molecule has 3 aromatic rings. The molecule has 170 valence electrons. The molecule has 4 rings (SSSR count). The molecule has 0 amide bonds. The fourth-order valence-electron chi connectivity index (χ4n) is 3.76. The van der Waals surface area contributed by atoms with Crippen LogP contribution in [0.3, 0.4) is 0 Å². The van der Waals surface area contributed by atoms with Crippen molar-refractivity contribution in [2.75, 3.05) is 42.6 Å². The first-order valence-electron chi connectivity index (χ1n) is 10.1. The summed E-state index contributed by atoms with van der Waals surface area (Å²) in [4.78, 5) is 14.8. The highest BCUT2D eigenvalue weighted by molar-refractivity contribution is 7.92. The molecule has 1 N–H and O–H groups in total. The van der Waals surface area contributed by atoms with E-state index in [2.05, 4.69) is 20.3 Å². The van der Waals surface area contributed by atoms with Gasteiger partial charge in [0.2, 0.25) is 10.0 Å². The maximum atomic E-state index is 14.6. The first kappa shape index (κ1) is 22.3. The molecule has 0 radical (unpaired) electrons. The largest absolute Gasteiger partial charge is 0.347 e. The van der Waals surface area contributed by atoms with E-state index in [4.69, 9.17) is 0 Å². The summed E-state index contributed by atoms with van der Waals surface area (Å²) in [6.45, 7) is 0.392. The van der Waals surface area contributed by atoms with Crippen molar-refractivity contribution in [1.29, 1.82) is 0 Å². The van der Waals surface area contributed by atoms with Gasteiger partial charge in [0.1, 0.15) is 11.6 Å². The minimum absolute atomic E-state index is 0.129. The van der Waals surface area contributed by atoms with E-state index in [9.17, 15) is 17.2 Å². The van der Waals surface area contributed by atoms with Crippen LogP contribution < -0.4 is 14.5 Å². The summed E-state index contributed by atoms with van der Waals surface area (Å²) in [6.07, 6.45) is 3.92. The van der Waals surface area contributed by atoms with Crippen LogP contribution in [0, 0.1) is 0 Å². The third-order valence-corrected chi connectivity index (χ3v) is 6.93. The molecule has 0 spiro atoms. The van der Waals surface area contributed by atoms with Crippen LogP contribution in [0.2, 0.25) is 0 Å². The van der Waals surface area contributed by atoms with Crippen LogP contribution in [0.5, 0.6) is 0 Å². The van der Waals surface area contributed by atoms with Crippen LogP contribution in [0.4, 0.5) is 20.3 Å². The van der Waals surface area contributed by atoms with Gasteiger partial charge in [-0.15, -0.1) is 0 Å². The van der Waals surface area contributed by atoms with Crippen LogP contribution in [0.25, 0.3) is 22.3 Å². The molecule has 0 bridgehead atoms. The lowest BCUT2D eigenvalue weighted by Crippen LogP contribution is -2.57. The third kappa shape index (κ3) is 4.22. The van der Waals surface area contributed by atoms with Crippen molar-refractivity contribution in [3.8, 4) is 11.3 Å². The summed E-state index contributed by atoms with van der Waals surface area (Å²) >= 11 is 0. The van der Waals surface area contributed by atoms with E-state index in [1.807, 2.05) is 0 Å². The molecule has 2 aromatic heterocycles. The molecule has 0 saturated carbocycles. The van der Waals surface area contributed by atoms with E-state index < -0.39 is 22.0 Å². The molecule has 1 aromatic carbocycles. The summed E-state index contributed by atoms with van der Waals surface area (Å²) in [7, 11) is -0.323. The van der Waals surface area contributed by atoms with Gasteiger partial charge in [-0.1, -0.05) is 12.1 Å². The summed E-state index contributed by atoms with van der Waals surface area (Å²) in [5.41, 5.74) is 2.70. The maximum absolute atomic E-state index is 14.6. The van der Waals surface area contributed by atoms with Crippen molar-refractivity contribution in [2.24, 2.45) is 0 Å². The first-order chi connectivity index (χ1) is 15.1. The third-order valence-electron chi connectivity index (χ3n) is 5.72. The molecule has 32 heavy (non-hydrogen) atoms. The van der Waals surface area contributed by atoms with Gasteiger partial charge >= 0.3 is 0 Å². The van der Waals surface area contributed by atoms with E-state index in [1.165, 1.54) is 28.6 Å². The number of aromatic nitrogens is 3. The number of hydrogen-bond donors (Lipinski definition) is 1. The molecule has 1 atom stereocenters. The van der Waals surface area contributed by atoms with Crippen LogP contribution in [-0.4, -0.2) is 68.8 Å². The van der Waals surface area contributed by atoms with E-state index in [0.29, 0.717) is 33.8 Å². The Morgan fingerprint density at radius 3 is 2.47 bits per heavy atom. The number of alkyl halides is 2. The Morgan fingerprint density at radius 2 is 1.81 bits per heavy atom. The molecule has 1 aliphatic heterocycles. The fraction of sp³-hybridized carbons (Fsp3) is 0.381. The quantitative estimate of drug-likeness (QED) is 0.623. The van der Waals surface area contributed by atoms with Gasteiger partial charge in [-0.2, -0.15) is 0 Å². The smallest absolute Gasteiger partial charge is 0.270 e. The molecule has 1 aliphatic rings. The Bertz CT molecular complexity index is 1240. The van der Waals surface area contributed by atoms with Gasteiger partial charge in [0.15, 0.2) is 5.82 Å². The second-order valence-corrected chi connectivity index (χ2v) is 9.89. The molecule has 0 unspecified atom stereocenters. The molecule has 3 heterocycles. The van der Waals surface area contributed by atoms with Crippen molar-refractivity contribution in [3.05, 3.63) is 42.7 Å². The molecule has 0 aliphatic carbocycles. The number of nitrogens with one attached hydrogen (secondary N) is 1. The van der Waals surface area contributed by atoms with Gasteiger partial charge in [0.05, 0.1) is 23.2 Å². The summed E-state index contributed by atoms with van der Waals surface area (Å²) in [6, 6.07) is 7.48. The Labute approximate surface area is 185 Å². The predicted molar refractivity (Wildman–Crippen MR) is 121 cm³/mol. The number of sulfonamides is 1. The minimum Gasteiger partial charge on any atom is -0.347 e. The van der Waals surface area contributed by atoms with Gasteiger partial charge in [-0.25, -0.2) is 27.2 Å². The lowest BCUT2D eigenvalue weighted by Gasteiger charge is -2.38. The van der Waals surface area contributed by atoms with Gasteiger partial charge in [-0.3, -0.25) is 9.29 Å². The number of hydrogen-bond acceptors (Lipinski definition) is 7. The minimum atomic E-state index is -3.39. The molecule has 1 fully saturated rings. The molecule has 11 heteroatoms. The first-order valence-corrected chi connectivity index (χ1v) is 11.9. The van der Waals surface area contributed by atoms with Crippen LogP contribution in [0.1, 0.15) is 6.42 Å². The van der Waals surface area contributed by atoms with Crippen LogP contribution in [0.15, 0.2) is 42.7 Å². The van der Waals surface area contributed by atoms with Crippen molar-refractivity contribution in [1.82, 2.24) is 20.3 Å². The zero-order chi connectivity index (χ0) is 23.1. The molecular formula is C21H24F2N6O2S. The van der Waals surface area contributed by atoms with Crippen LogP contribution >= 0.6 is 0 Å². The SMILES string of the molecule is CN(c1nc(-c2ccc(N(C)S(C)(=O)=O)cc2)cc2nccnc12)[C@@H]1CNCCC1(F)F. The standard InChI is InChI=1S/C21H24F2N6O2S/c1-28(18-13-24-9-8-21(18,22)23)20-19-17(25-10-11-26-19)12-16(27-20)14-4-6-15(7-5-14)29(2)32(3,30)31/h4-7,10-12,18,24H,8-9,13H2,1-3H3/t18-/m1/s1. The number of halogens is 2. The number of likely N-dealkylation sites (N-methyl/N-ethyl adjacent to an activating group) is 1. The van der Waals surface area contributed by atoms with E-state index in [0.717, 1.165) is 6.26 Å². The lowest BCUT2D eigenvalue weighted by atomic mass is 10.0. The van der Waals surface area contributed by atoms with Crippen molar-refractivity contribution >= 4 is 32.6 Å². The number of nitrogens with zero attached hydrogens (tertiary/aromatic N) is 5. The summed E-state index contributed by atoms with van der Waals surface area (Å²) in [5.74, 6) is -2.55. The number of pyridine rings is 1. The fourth-order valence-corrected chi connectivity index (χ4v) is 4.27. The van der Waals surface area contributed by atoms with E-state index in [-0.39, 0.29) is 19.5 Å². The number of anilines is 2.